The number of nitrogens with zero attached hydrogens (tertiary/aromatic N) is 1. The SMILES string of the molecule is CCCC(CCN)CCC(=O)N[C@H](C)c1cccnc1. The lowest BCUT2D eigenvalue weighted by atomic mass is 9.94. The van der Waals surface area contributed by atoms with Crippen LogP contribution in [-0.2, 0) is 4.79 Å². The first kappa shape index (κ1) is 16.6. The van der Waals surface area contributed by atoms with Crippen molar-refractivity contribution in [2.45, 2.75) is 52.0 Å². The minimum absolute atomic E-state index is 0.00957. The van der Waals surface area contributed by atoms with Gasteiger partial charge in [-0.25, -0.2) is 0 Å². The molecule has 0 aliphatic heterocycles. The topological polar surface area (TPSA) is 68.0 Å². The van der Waals surface area contributed by atoms with Crippen molar-refractivity contribution in [3.63, 3.8) is 0 Å². The van der Waals surface area contributed by atoms with Crippen molar-refractivity contribution in [2.24, 2.45) is 11.7 Å². The van der Waals surface area contributed by atoms with E-state index in [9.17, 15) is 4.79 Å². The molecule has 20 heavy (non-hydrogen) atoms. The number of carbonyl (C=O) groups is 1. The molecule has 0 aromatic carbocycles. The molecule has 0 spiro atoms. The van der Waals surface area contributed by atoms with Crippen LogP contribution >= 0.6 is 0 Å². The van der Waals surface area contributed by atoms with Gasteiger partial charge in [0.15, 0.2) is 0 Å². The number of nitrogens with one attached hydrogen (secondary N) is 1. The fraction of sp³-hybridized carbons (Fsp3) is 0.625. The molecular weight excluding hydrogens is 250 g/mol. The molecule has 0 aliphatic carbocycles. The maximum absolute atomic E-state index is 12.0. The number of amides is 1. The van der Waals surface area contributed by atoms with E-state index in [1.54, 1.807) is 12.4 Å². The number of carbonyl (C=O) groups excluding carboxylic acids is 1. The first-order valence-corrected chi connectivity index (χ1v) is 7.56. The predicted molar refractivity (Wildman–Crippen MR) is 82.1 cm³/mol. The van der Waals surface area contributed by atoms with E-state index in [-0.39, 0.29) is 11.9 Å². The van der Waals surface area contributed by atoms with Gasteiger partial charge < -0.3 is 11.1 Å². The van der Waals surface area contributed by atoms with Gasteiger partial charge in [-0.2, -0.15) is 0 Å². The molecule has 112 valence electrons. The van der Waals surface area contributed by atoms with E-state index in [4.69, 9.17) is 5.73 Å². The van der Waals surface area contributed by atoms with Crippen LogP contribution in [0.1, 0.15) is 57.6 Å². The van der Waals surface area contributed by atoms with Crippen LogP contribution in [0.3, 0.4) is 0 Å². The molecular formula is C16H27N3O. The minimum Gasteiger partial charge on any atom is -0.350 e. The van der Waals surface area contributed by atoms with Crippen LogP contribution in [0.15, 0.2) is 24.5 Å². The van der Waals surface area contributed by atoms with Gasteiger partial charge in [0, 0.05) is 18.8 Å². The molecule has 1 rings (SSSR count). The average Bonchev–Trinajstić information content (AvgIpc) is 2.46. The van der Waals surface area contributed by atoms with Gasteiger partial charge in [-0.05, 0) is 43.9 Å². The molecule has 0 fully saturated rings. The Labute approximate surface area is 122 Å². The molecule has 4 heteroatoms. The average molecular weight is 277 g/mol. The Morgan fingerprint density at radius 3 is 2.80 bits per heavy atom. The number of hydrogen-bond acceptors (Lipinski definition) is 3. The van der Waals surface area contributed by atoms with E-state index in [1.165, 1.54) is 0 Å². The summed E-state index contributed by atoms with van der Waals surface area (Å²) in [6.45, 7) is 4.87. The molecule has 4 nitrogen and oxygen atoms in total. The normalized spacial score (nSPS) is 13.8. The largest absolute Gasteiger partial charge is 0.350 e. The third kappa shape index (κ3) is 6.15. The Kier molecular flexibility index (Phi) is 7.88. The molecule has 0 saturated carbocycles. The van der Waals surface area contributed by atoms with E-state index in [1.807, 2.05) is 19.1 Å². The predicted octanol–water partition coefficient (Wildman–Crippen LogP) is 2.80. The summed E-state index contributed by atoms with van der Waals surface area (Å²) >= 11 is 0. The van der Waals surface area contributed by atoms with Gasteiger partial charge in [0.25, 0.3) is 0 Å². The number of nitrogens with two attached hydrogens (primary N) is 1. The first-order chi connectivity index (χ1) is 9.67. The lowest BCUT2D eigenvalue weighted by Crippen LogP contribution is -2.27. The molecule has 1 aromatic rings. The Morgan fingerprint density at radius 1 is 1.40 bits per heavy atom. The van der Waals surface area contributed by atoms with Crippen LogP contribution in [-0.4, -0.2) is 17.4 Å². The summed E-state index contributed by atoms with van der Waals surface area (Å²) in [5.41, 5.74) is 6.65. The lowest BCUT2D eigenvalue weighted by molar-refractivity contribution is -0.122. The summed E-state index contributed by atoms with van der Waals surface area (Å²) in [5.74, 6) is 0.684. The van der Waals surface area contributed by atoms with Crippen molar-refractivity contribution in [1.29, 1.82) is 0 Å². The number of hydrogen-bond donors (Lipinski definition) is 2. The molecule has 1 unspecified atom stereocenters. The Bertz CT molecular complexity index is 375. The highest BCUT2D eigenvalue weighted by Crippen LogP contribution is 2.17. The summed E-state index contributed by atoms with van der Waals surface area (Å²) in [6.07, 6.45) is 8.35. The third-order valence-corrected chi connectivity index (χ3v) is 3.61. The molecule has 1 amide bonds. The second kappa shape index (κ2) is 9.48. The van der Waals surface area contributed by atoms with Gasteiger partial charge in [-0.15, -0.1) is 0 Å². The standard InChI is InChI=1S/C16H27N3O/c1-3-5-14(9-10-17)7-8-16(20)19-13(2)15-6-4-11-18-12-15/h4,6,11-14H,3,5,7-10,17H2,1-2H3,(H,19,20)/t13-,14?/m1/s1. The van der Waals surface area contributed by atoms with Gasteiger partial charge >= 0.3 is 0 Å². The molecule has 2 atom stereocenters. The second-order valence-corrected chi connectivity index (χ2v) is 5.35. The van der Waals surface area contributed by atoms with E-state index in [0.717, 1.165) is 31.2 Å². The van der Waals surface area contributed by atoms with Gasteiger partial charge in [-0.3, -0.25) is 9.78 Å². The van der Waals surface area contributed by atoms with Crippen LogP contribution < -0.4 is 11.1 Å². The van der Waals surface area contributed by atoms with Crippen LogP contribution in [0.25, 0.3) is 0 Å². The fourth-order valence-electron chi connectivity index (χ4n) is 2.44. The maximum Gasteiger partial charge on any atom is 0.220 e. The van der Waals surface area contributed by atoms with E-state index < -0.39 is 0 Å². The summed E-state index contributed by atoms with van der Waals surface area (Å²) in [4.78, 5) is 16.0. The van der Waals surface area contributed by atoms with E-state index in [0.29, 0.717) is 18.9 Å². The van der Waals surface area contributed by atoms with Gasteiger partial charge in [0.05, 0.1) is 6.04 Å². The van der Waals surface area contributed by atoms with E-state index >= 15 is 0 Å². The Hall–Kier alpha value is -1.42. The molecule has 1 heterocycles. The quantitative estimate of drug-likeness (QED) is 0.729. The number of rotatable bonds is 9. The number of pyridine rings is 1. The Morgan fingerprint density at radius 2 is 2.20 bits per heavy atom. The highest BCUT2D eigenvalue weighted by molar-refractivity contribution is 5.76. The van der Waals surface area contributed by atoms with Crippen molar-refractivity contribution >= 4 is 5.91 Å². The zero-order valence-corrected chi connectivity index (χ0v) is 12.6. The highest BCUT2D eigenvalue weighted by Gasteiger charge is 2.12. The highest BCUT2D eigenvalue weighted by atomic mass is 16.1. The fourth-order valence-corrected chi connectivity index (χ4v) is 2.44. The van der Waals surface area contributed by atoms with E-state index in [2.05, 4.69) is 17.2 Å². The number of aromatic nitrogens is 1. The van der Waals surface area contributed by atoms with Crippen LogP contribution in [0.2, 0.25) is 0 Å². The van der Waals surface area contributed by atoms with Crippen LogP contribution in [0, 0.1) is 5.92 Å². The zero-order valence-electron chi connectivity index (χ0n) is 12.6. The van der Waals surface area contributed by atoms with Crippen LogP contribution in [0.4, 0.5) is 0 Å². The molecule has 1 aromatic heterocycles. The lowest BCUT2D eigenvalue weighted by Gasteiger charge is -2.17. The minimum atomic E-state index is 0.00957. The summed E-state index contributed by atoms with van der Waals surface area (Å²) in [6, 6.07) is 3.87. The molecule has 3 N–H and O–H groups in total. The van der Waals surface area contributed by atoms with Gasteiger partial charge in [0.2, 0.25) is 5.91 Å². The third-order valence-electron chi connectivity index (χ3n) is 3.61. The smallest absolute Gasteiger partial charge is 0.220 e. The monoisotopic (exact) mass is 277 g/mol. The van der Waals surface area contributed by atoms with Crippen molar-refractivity contribution < 1.29 is 4.79 Å². The van der Waals surface area contributed by atoms with Crippen molar-refractivity contribution in [3.8, 4) is 0 Å². The molecule has 0 bridgehead atoms. The zero-order chi connectivity index (χ0) is 14.8. The summed E-state index contributed by atoms with van der Waals surface area (Å²) in [7, 11) is 0. The van der Waals surface area contributed by atoms with Gasteiger partial charge in [-0.1, -0.05) is 25.8 Å². The Balaban J connectivity index is 2.35. The molecule has 0 radical (unpaired) electrons. The van der Waals surface area contributed by atoms with Crippen molar-refractivity contribution in [2.75, 3.05) is 6.54 Å². The molecule has 0 aliphatic rings. The van der Waals surface area contributed by atoms with Crippen LogP contribution in [0.5, 0.6) is 0 Å². The first-order valence-electron chi connectivity index (χ1n) is 7.56. The summed E-state index contributed by atoms with van der Waals surface area (Å²) in [5, 5.41) is 3.03. The molecule has 0 saturated heterocycles. The van der Waals surface area contributed by atoms with Crippen molar-refractivity contribution in [3.05, 3.63) is 30.1 Å². The summed E-state index contributed by atoms with van der Waals surface area (Å²) < 4.78 is 0. The maximum atomic E-state index is 12.0. The second-order valence-electron chi connectivity index (χ2n) is 5.35. The van der Waals surface area contributed by atoms with Crippen molar-refractivity contribution in [1.82, 2.24) is 10.3 Å². The van der Waals surface area contributed by atoms with Gasteiger partial charge in [0.1, 0.15) is 0 Å².